The number of sulfone groups is 1. The van der Waals surface area contributed by atoms with Crippen molar-refractivity contribution in [2.75, 3.05) is 20.3 Å². The Morgan fingerprint density at radius 2 is 1.64 bits per heavy atom. The lowest BCUT2D eigenvalue weighted by molar-refractivity contribution is -0.125. The molecular formula is C32H44N2O7S3Si. The molecule has 1 amide bonds. The van der Waals surface area contributed by atoms with Gasteiger partial charge in [-0.1, -0.05) is 88.4 Å². The number of carbonyl (C=O) groups excluding carboxylic acids is 1. The normalized spacial score (nSPS) is 19.1. The number of fused-ring (bicyclic) bond motifs is 1. The van der Waals surface area contributed by atoms with E-state index in [1.807, 2.05) is 67.6 Å². The Balaban J connectivity index is 1.66. The van der Waals surface area contributed by atoms with Crippen LogP contribution in [0.5, 0.6) is 0 Å². The molecule has 1 aliphatic heterocycles. The fourth-order valence-corrected chi connectivity index (χ4v) is 16.1. The van der Waals surface area contributed by atoms with Gasteiger partial charge >= 0.3 is 0 Å². The second kappa shape index (κ2) is 14.2. The van der Waals surface area contributed by atoms with Gasteiger partial charge in [-0.25, -0.2) is 21.6 Å². The van der Waals surface area contributed by atoms with Gasteiger partial charge < -0.3 is 14.5 Å². The highest BCUT2D eigenvalue weighted by Crippen LogP contribution is 2.44. The van der Waals surface area contributed by atoms with Gasteiger partial charge in [0.25, 0.3) is 24.2 Å². The molecule has 0 fully saturated rings. The fourth-order valence-electron chi connectivity index (χ4n) is 6.07. The van der Waals surface area contributed by atoms with Crippen molar-refractivity contribution in [2.45, 2.75) is 84.7 Å². The maximum atomic E-state index is 13.6. The number of benzene rings is 2. The predicted octanol–water partition coefficient (Wildman–Crippen LogP) is 4.14. The Morgan fingerprint density at radius 3 is 2.16 bits per heavy atom. The summed E-state index contributed by atoms with van der Waals surface area (Å²) < 4.78 is 68.4. The SMILES string of the molecule is CCN[C@H]1CC(CCCOC)S(=O)(=O)c2sc(S(=O)(=O)NC(=O)[C@H](C)O[Si](c3ccccc3)(c3ccccc3)C(C)(C)C)cc21. The highest BCUT2D eigenvalue weighted by Gasteiger charge is 2.52. The summed E-state index contributed by atoms with van der Waals surface area (Å²) in [4.78, 5) is 13.6. The molecule has 0 saturated heterocycles. The largest absolute Gasteiger partial charge is 0.396 e. The van der Waals surface area contributed by atoms with Gasteiger partial charge in [-0.05, 0) is 54.2 Å². The highest BCUT2D eigenvalue weighted by molar-refractivity contribution is 7.96. The number of ether oxygens (including phenoxy) is 1. The third-order valence-electron chi connectivity index (χ3n) is 8.24. The average molecular weight is 693 g/mol. The summed E-state index contributed by atoms with van der Waals surface area (Å²) in [5.41, 5.74) is 0.425. The van der Waals surface area contributed by atoms with Crippen molar-refractivity contribution in [2.24, 2.45) is 0 Å². The van der Waals surface area contributed by atoms with Crippen LogP contribution in [0, 0.1) is 0 Å². The van der Waals surface area contributed by atoms with Crippen LogP contribution in [0.25, 0.3) is 0 Å². The number of methoxy groups -OCH3 is 1. The number of rotatable bonds is 13. The van der Waals surface area contributed by atoms with E-state index in [0.29, 0.717) is 49.3 Å². The van der Waals surface area contributed by atoms with Gasteiger partial charge in [0.2, 0.25) is 0 Å². The predicted molar refractivity (Wildman–Crippen MR) is 181 cm³/mol. The Morgan fingerprint density at radius 1 is 1.07 bits per heavy atom. The van der Waals surface area contributed by atoms with Crippen molar-refractivity contribution < 1.29 is 30.8 Å². The summed E-state index contributed by atoms with van der Waals surface area (Å²) in [5.74, 6) is -0.821. The van der Waals surface area contributed by atoms with E-state index in [-0.39, 0.29) is 14.5 Å². The molecule has 1 unspecified atom stereocenters. The molecule has 9 nitrogen and oxygen atoms in total. The Labute approximate surface area is 272 Å². The molecule has 3 atom stereocenters. The number of amides is 1. The summed E-state index contributed by atoms with van der Waals surface area (Å²) in [6, 6.07) is 20.6. The first-order chi connectivity index (χ1) is 21.2. The Bertz CT molecular complexity index is 1630. The third kappa shape index (κ3) is 7.29. The van der Waals surface area contributed by atoms with Gasteiger partial charge in [-0.2, -0.15) is 0 Å². The minimum Gasteiger partial charge on any atom is -0.396 e. The molecule has 0 spiro atoms. The number of sulfonamides is 1. The molecule has 0 aliphatic carbocycles. The van der Waals surface area contributed by atoms with E-state index in [4.69, 9.17) is 9.16 Å². The van der Waals surface area contributed by atoms with Crippen LogP contribution < -0.4 is 20.4 Å². The molecule has 2 N–H and O–H groups in total. The lowest BCUT2D eigenvalue weighted by Gasteiger charge is -2.44. The van der Waals surface area contributed by atoms with Crippen LogP contribution in [0.4, 0.5) is 0 Å². The maximum absolute atomic E-state index is 13.6. The van der Waals surface area contributed by atoms with Crippen LogP contribution in [-0.4, -0.2) is 62.7 Å². The summed E-state index contributed by atoms with van der Waals surface area (Å²) in [6.07, 6.45) is 0.179. The van der Waals surface area contributed by atoms with E-state index in [1.54, 1.807) is 14.0 Å². The van der Waals surface area contributed by atoms with E-state index >= 15 is 0 Å². The molecule has 2 aromatic carbocycles. The number of nitrogens with one attached hydrogen (secondary N) is 2. The van der Waals surface area contributed by atoms with Crippen molar-refractivity contribution >= 4 is 55.8 Å². The van der Waals surface area contributed by atoms with Crippen LogP contribution in [0.15, 0.2) is 75.1 Å². The molecule has 13 heteroatoms. The molecule has 1 aromatic heterocycles. The quantitative estimate of drug-likeness (QED) is 0.202. The number of hydrogen-bond donors (Lipinski definition) is 2. The molecule has 45 heavy (non-hydrogen) atoms. The standard InChI is InChI=1S/C32H44N2O7S3Si/c1-7-33-28-21-24(15-14-20-40-6)43(36,37)31-27(28)22-29(42-31)44(38,39)34-30(35)23(2)41-45(32(3,4)5,25-16-10-8-11-17-25)26-18-12-9-13-19-26/h8-13,16-19,22-24,28,33H,7,14-15,20-21H2,1-6H3,(H,34,35)/t23-,24?,28-/m0/s1. The van der Waals surface area contributed by atoms with E-state index in [1.165, 1.54) is 6.07 Å². The van der Waals surface area contributed by atoms with E-state index < -0.39 is 50.5 Å². The van der Waals surface area contributed by atoms with Gasteiger partial charge in [0.1, 0.15) is 14.5 Å². The molecule has 0 radical (unpaired) electrons. The van der Waals surface area contributed by atoms with Gasteiger partial charge in [0.15, 0.2) is 9.84 Å². The number of hydrogen-bond acceptors (Lipinski definition) is 9. The van der Waals surface area contributed by atoms with E-state index in [0.717, 1.165) is 10.4 Å². The number of thiophene rings is 1. The summed E-state index contributed by atoms with van der Waals surface area (Å²) in [6.45, 7) is 10.7. The Kier molecular flexibility index (Phi) is 11.2. The van der Waals surface area contributed by atoms with Crippen molar-refractivity contribution in [1.29, 1.82) is 0 Å². The topological polar surface area (TPSA) is 128 Å². The van der Waals surface area contributed by atoms with Crippen molar-refractivity contribution in [1.82, 2.24) is 10.0 Å². The molecule has 0 saturated carbocycles. The Hall–Kier alpha value is -2.39. The van der Waals surface area contributed by atoms with Crippen molar-refractivity contribution in [3.05, 3.63) is 72.3 Å². The molecule has 3 aromatic rings. The van der Waals surface area contributed by atoms with Crippen molar-refractivity contribution in [3.63, 3.8) is 0 Å². The fraction of sp³-hybridized carbons (Fsp3) is 0.469. The van der Waals surface area contributed by atoms with Crippen LogP contribution >= 0.6 is 11.3 Å². The lowest BCUT2D eigenvalue weighted by Crippen LogP contribution is -2.68. The van der Waals surface area contributed by atoms with Gasteiger partial charge in [0, 0.05) is 25.3 Å². The maximum Gasteiger partial charge on any atom is 0.273 e. The van der Waals surface area contributed by atoms with Gasteiger partial charge in [0.05, 0.1) is 5.25 Å². The van der Waals surface area contributed by atoms with Crippen molar-refractivity contribution in [3.8, 4) is 0 Å². The second-order valence-corrected chi connectivity index (χ2v) is 22.0. The third-order valence-corrected chi connectivity index (χ3v) is 19.1. The van der Waals surface area contributed by atoms with E-state index in [9.17, 15) is 21.6 Å². The minimum absolute atomic E-state index is 0.0338. The van der Waals surface area contributed by atoms with Crippen LogP contribution in [0.2, 0.25) is 5.04 Å². The monoisotopic (exact) mass is 692 g/mol. The summed E-state index contributed by atoms with van der Waals surface area (Å²) in [7, 11) is -9.75. The second-order valence-electron chi connectivity index (χ2n) is 12.3. The average Bonchev–Trinajstić information content (AvgIpc) is 3.47. The first kappa shape index (κ1) is 35.5. The molecular weight excluding hydrogens is 649 g/mol. The van der Waals surface area contributed by atoms with Gasteiger partial charge in [-0.15, -0.1) is 11.3 Å². The van der Waals surface area contributed by atoms with Crippen LogP contribution in [0.3, 0.4) is 0 Å². The van der Waals surface area contributed by atoms with E-state index in [2.05, 4.69) is 30.8 Å². The molecule has 246 valence electrons. The number of carbonyl (C=O) groups is 1. The van der Waals surface area contributed by atoms with Gasteiger partial charge in [-0.3, -0.25) is 4.79 Å². The highest BCUT2D eigenvalue weighted by atomic mass is 32.3. The smallest absolute Gasteiger partial charge is 0.273 e. The summed E-state index contributed by atoms with van der Waals surface area (Å²) in [5, 5.41) is 4.13. The molecule has 2 heterocycles. The molecule has 0 bridgehead atoms. The van der Waals surface area contributed by atoms with Crippen LogP contribution in [-0.2, 0) is 33.8 Å². The molecule has 4 rings (SSSR count). The summed E-state index contributed by atoms with van der Waals surface area (Å²) >= 11 is 0.693. The molecule has 1 aliphatic rings. The first-order valence-electron chi connectivity index (χ1n) is 15.1. The lowest BCUT2D eigenvalue weighted by atomic mass is 10.0. The zero-order valence-corrected chi connectivity index (χ0v) is 30.2. The zero-order valence-electron chi connectivity index (χ0n) is 26.7. The van der Waals surface area contributed by atoms with Crippen LogP contribution in [0.1, 0.15) is 65.5 Å². The zero-order chi connectivity index (χ0) is 33.0. The minimum atomic E-state index is -4.40. The first-order valence-corrected chi connectivity index (χ1v) is 20.9.